The molecule has 1 aromatic carbocycles. The number of carbonyl (C=O) groups is 1. The predicted octanol–water partition coefficient (Wildman–Crippen LogP) is 2.44. The third kappa shape index (κ3) is 2.93. The Hall–Kier alpha value is -3.88. The quantitative estimate of drug-likeness (QED) is 0.589. The fourth-order valence-electron chi connectivity index (χ4n) is 2.45. The molecule has 0 aliphatic carbocycles. The summed E-state index contributed by atoms with van der Waals surface area (Å²) in [6, 6.07) is 9.55. The first kappa shape index (κ1) is 15.6. The molecule has 9 heteroatoms. The molecule has 0 spiro atoms. The number of halogens is 1. The van der Waals surface area contributed by atoms with Crippen LogP contribution in [-0.4, -0.2) is 35.9 Å². The van der Waals surface area contributed by atoms with Crippen molar-refractivity contribution in [3.63, 3.8) is 0 Å². The van der Waals surface area contributed by atoms with E-state index in [1.165, 1.54) is 35.8 Å². The van der Waals surface area contributed by atoms with E-state index in [1.54, 1.807) is 30.3 Å². The second-order valence-corrected chi connectivity index (χ2v) is 5.34. The fraction of sp³-hybridized carbons (Fsp3) is 0. The molecule has 0 saturated carbocycles. The average Bonchev–Trinajstić information content (AvgIpc) is 3.35. The van der Waals surface area contributed by atoms with Crippen molar-refractivity contribution in [2.24, 2.45) is 0 Å². The Morgan fingerprint density at radius 1 is 1.15 bits per heavy atom. The maximum atomic E-state index is 14.0. The summed E-state index contributed by atoms with van der Waals surface area (Å²) in [5.74, 6) is -0.298. The van der Waals surface area contributed by atoms with Crippen LogP contribution in [0.3, 0.4) is 0 Å². The minimum atomic E-state index is -0.440. The molecule has 0 saturated heterocycles. The van der Waals surface area contributed by atoms with Crippen molar-refractivity contribution in [1.29, 1.82) is 0 Å². The van der Waals surface area contributed by atoms with Gasteiger partial charge in [0.2, 0.25) is 0 Å². The van der Waals surface area contributed by atoms with Crippen molar-refractivity contribution >= 4 is 11.6 Å². The number of aromatic amines is 1. The summed E-state index contributed by atoms with van der Waals surface area (Å²) in [5.41, 5.74) is 1.30. The van der Waals surface area contributed by atoms with Crippen molar-refractivity contribution in [3.05, 3.63) is 72.8 Å². The number of pyridine rings is 1. The predicted molar refractivity (Wildman–Crippen MR) is 91.1 cm³/mol. The molecule has 8 nitrogen and oxygen atoms in total. The Kier molecular flexibility index (Phi) is 3.94. The number of hydrogen-bond donors (Lipinski definition) is 2. The van der Waals surface area contributed by atoms with Gasteiger partial charge in [-0.1, -0.05) is 12.1 Å². The van der Waals surface area contributed by atoms with Crippen LogP contribution in [0.25, 0.3) is 17.1 Å². The van der Waals surface area contributed by atoms with Gasteiger partial charge in [0.25, 0.3) is 5.91 Å². The van der Waals surface area contributed by atoms with Crippen LogP contribution in [0.1, 0.15) is 10.4 Å². The molecule has 0 unspecified atom stereocenters. The summed E-state index contributed by atoms with van der Waals surface area (Å²) in [6.07, 6.45) is 5.78. The molecule has 1 amide bonds. The zero-order valence-electron chi connectivity index (χ0n) is 13.3. The molecule has 0 atom stereocenters. The van der Waals surface area contributed by atoms with Crippen molar-refractivity contribution in [3.8, 4) is 17.1 Å². The van der Waals surface area contributed by atoms with E-state index in [2.05, 4.69) is 30.6 Å². The first-order valence-electron chi connectivity index (χ1n) is 7.63. The number of rotatable bonds is 4. The van der Waals surface area contributed by atoms with E-state index >= 15 is 0 Å². The summed E-state index contributed by atoms with van der Waals surface area (Å²) in [6.45, 7) is 0. The van der Waals surface area contributed by atoms with Gasteiger partial charge < -0.3 is 5.32 Å². The van der Waals surface area contributed by atoms with Crippen LogP contribution in [0.15, 0.2) is 61.4 Å². The molecule has 128 valence electrons. The highest BCUT2D eigenvalue weighted by Gasteiger charge is 2.18. The monoisotopic (exact) mass is 349 g/mol. The van der Waals surface area contributed by atoms with Crippen molar-refractivity contribution in [1.82, 2.24) is 29.9 Å². The number of H-pyrrole nitrogens is 1. The molecule has 3 heterocycles. The van der Waals surface area contributed by atoms with Gasteiger partial charge in [-0.15, -0.1) is 0 Å². The van der Waals surface area contributed by atoms with E-state index < -0.39 is 11.7 Å². The standard InChI is InChI=1S/C17H12FN7O/c18-14-4-2-1-3-12(14)16-13(8-21-24-16)17(26)23-11-5-6-15(20-7-11)25-10-19-9-22-25/h1-10H,(H,21,24)(H,23,26). The zero-order chi connectivity index (χ0) is 17.9. The molecule has 4 rings (SSSR count). The Morgan fingerprint density at radius 2 is 2.04 bits per heavy atom. The molecular weight excluding hydrogens is 337 g/mol. The lowest BCUT2D eigenvalue weighted by Crippen LogP contribution is -2.13. The lowest BCUT2D eigenvalue weighted by Gasteiger charge is -2.07. The highest BCUT2D eigenvalue weighted by atomic mass is 19.1. The maximum absolute atomic E-state index is 14.0. The van der Waals surface area contributed by atoms with Gasteiger partial charge in [0.1, 0.15) is 18.5 Å². The number of aromatic nitrogens is 6. The van der Waals surface area contributed by atoms with Crippen LogP contribution >= 0.6 is 0 Å². The van der Waals surface area contributed by atoms with Gasteiger partial charge in [0, 0.05) is 5.56 Å². The minimum Gasteiger partial charge on any atom is -0.320 e. The maximum Gasteiger partial charge on any atom is 0.259 e. The highest BCUT2D eigenvalue weighted by Crippen LogP contribution is 2.24. The minimum absolute atomic E-state index is 0.232. The number of carbonyl (C=O) groups excluding carboxylic acids is 1. The van der Waals surface area contributed by atoms with Crippen LogP contribution in [0.2, 0.25) is 0 Å². The van der Waals surface area contributed by atoms with E-state index in [4.69, 9.17) is 0 Å². The van der Waals surface area contributed by atoms with Crippen LogP contribution in [-0.2, 0) is 0 Å². The zero-order valence-corrected chi connectivity index (χ0v) is 13.3. The molecule has 0 radical (unpaired) electrons. The van der Waals surface area contributed by atoms with E-state index in [0.717, 1.165) is 0 Å². The molecular formula is C17H12FN7O. The average molecular weight is 349 g/mol. The number of hydrogen-bond acceptors (Lipinski definition) is 5. The molecule has 3 aromatic heterocycles. The van der Waals surface area contributed by atoms with Gasteiger partial charge in [-0.3, -0.25) is 9.89 Å². The van der Waals surface area contributed by atoms with E-state index in [0.29, 0.717) is 17.2 Å². The number of nitrogens with zero attached hydrogens (tertiary/aromatic N) is 5. The van der Waals surface area contributed by atoms with Crippen LogP contribution in [0, 0.1) is 5.82 Å². The topological polar surface area (TPSA) is 101 Å². The third-order valence-electron chi connectivity index (χ3n) is 3.69. The fourth-order valence-corrected chi connectivity index (χ4v) is 2.45. The Bertz CT molecular complexity index is 1040. The van der Waals surface area contributed by atoms with Crippen LogP contribution in [0.4, 0.5) is 10.1 Å². The first-order chi connectivity index (χ1) is 12.7. The van der Waals surface area contributed by atoms with E-state index in [9.17, 15) is 9.18 Å². The van der Waals surface area contributed by atoms with E-state index in [-0.39, 0.29) is 11.1 Å². The van der Waals surface area contributed by atoms with Gasteiger partial charge in [-0.25, -0.2) is 19.0 Å². The summed E-state index contributed by atoms with van der Waals surface area (Å²) < 4.78 is 15.5. The lowest BCUT2D eigenvalue weighted by atomic mass is 10.1. The number of nitrogens with one attached hydrogen (secondary N) is 2. The Balaban J connectivity index is 1.56. The molecule has 4 aromatic rings. The third-order valence-corrected chi connectivity index (χ3v) is 3.69. The Morgan fingerprint density at radius 3 is 2.77 bits per heavy atom. The molecule has 0 aliphatic rings. The summed E-state index contributed by atoms with van der Waals surface area (Å²) in [5, 5.41) is 13.2. The second kappa shape index (κ2) is 6.55. The summed E-state index contributed by atoms with van der Waals surface area (Å²) in [4.78, 5) is 20.6. The highest BCUT2D eigenvalue weighted by molar-refractivity contribution is 6.07. The first-order valence-corrected chi connectivity index (χ1v) is 7.63. The van der Waals surface area contributed by atoms with Crippen molar-refractivity contribution in [2.45, 2.75) is 0 Å². The smallest absolute Gasteiger partial charge is 0.259 e. The van der Waals surface area contributed by atoms with Gasteiger partial charge in [0.15, 0.2) is 5.82 Å². The van der Waals surface area contributed by atoms with Gasteiger partial charge in [0.05, 0.1) is 29.3 Å². The van der Waals surface area contributed by atoms with Gasteiger partial charge >= 0.3 is 0 Å². The van der Waals surface area contributed by atoms with Crippen molar-refractivity contribution in [2.75, 3.05) is 5.32 Å². The normalized spacial score (nSPS) is 10.7. The second-order valence-electron chi connectivity index (χ2n) is 5.34. The number of anilines is 1. The number of benzene rings is 1. The van der Waals surface area contributed by atoms with Gasteiger partial charge in [-0.2, -0.15) is 10.2 Å². The van der Waals surface area contributed by atoms with E-state index in [1.807, 2.05) is 0 Å². The number of amides is 1. The van der Waals surface area contributed by atoms with Crippen LogP contribution in [0.5, 0.6) is 0 Å². The molecule has 0 aliphatic heterocycles. The molecule has 26 heavy (non-hydrogen) atoms. The SMILES string of the molecule is O=C(Nc1ccc(-n2cncn2)nc1)c1cn[nH]c1-c1ccccc1F. The lowest BCUT2D eigenvalue weighted by molar-refractivity contribution is 0.102. The largest absolute Gasteiger partial charge is 0.320 e. The Labute approximate surface area is 146 Å². The molecule has 2 N–H and O–H groups in total. The molecule has 0 bridgehead atoms. The van der Waals surface area contributed by atoms with Crippen LogP contribution < -0.4 is 5.32 Å². The van der Waals surface area contributed by atoms with Gasteiger partial charge in [-0.05, 0) is 24.3 Å². The summed E-state index contributed by atoms with van der Waals surface area (Å²) >= 11 is 0. The summed E-state index contributed by atoms with van der Waals surface area (Å²) in [7, 11) is 0. The molecule has 0 fully saturated rings. The van der Waals surface area contributed by atoms with Crippen molar-refractivity contribution < 1.29 is 9.18 Å².